The van der Waals surface area contributed by atoms with E-state index in [1.165, 1.54) is 0 Å². The van der Waals surface area contributed by atoms with Crippen LogP contribution in [0.4, 0.5) is 0 Å². The van der Waals surface area contributed by atoms with Crippen molar-refractivity contribution in [2.45, 2.75) is 0 Å². The zero-order valence-corrected chi connectivity index (χ0v) is 7.99. The highest BCUT2D eigenvalue weighted by atomic mass is 35.5. The fourth-order valence-electron chi connectivity index (χ4n) is 1.20. The summed E-state index contributed by atoms with van der Waals surface area (Å²) in [6.45, 7) is 0. The van der Waals surface area contributed by atoms with E-state index in [-0.39, 0.29) is 5.76 Å². The van der Waals surface area contributed by atoms with Crippen LogP contribution in [-0.2, 0) is 0 Å². The molecule has 0 fully saturated rings. The Morgan fingerprint density at radius 1 is 1.07 bits per heavy atom. The lowest BCUT2D eigenvalue weighted by Crippen LogP contribution is -1.81. The lowest BCUT2D eigenvalue weighted by Gasteiger charge is -1.94. The quantitative estimate of drug-likeness (QED) is 0.706. The predicted octanol–water partition coefficient (Wildman–Crippen LogP) is 3.33. The first-order chi connectivity index (χ1) is 6.77. The molecule has 3 heteroatoms. The van der Waals surface area contributed by atoms with E-state index >= 15 is 0 Å². The Hall–Kier alpha value is -1.54. The molecule has 1 aromatic carbocycles. The topological polar surface area (TPSA) is 30.2 Å². The number of furan rings is 1. The summed E-state index contributed by atoms with van der Waals surface area (Å²) in [6.07, 6.45) is 0. The lowest BCUT2D eigenvalue weighted by atomic mass is 10.2. The van der Waals surface area contributed by atoms with E-state index < -0.39 is 5.24 Å². The third kappa shape index (κ3) is 1.70. The van der Waals surface area contributed by atoms with E-state index in [9.17, 15) is 4.79 Å². The fraction of sp³-hybridized carbons (Fsp3) is 0. The lowest BCUT2D eigenvalue weighted by molar-refractivity contribution is 0.105. The summed E-state index contributed by atoms with van der Waals surface area (Å²) in [5.74, 6) is 0.820. The summed E-state index contributed by atoms with van der Waals surface area (Å²) in [6, 6.07) is 12.8. The molecule has 0 amide bonds. The van der Waals surface area contributed by atoms with Gasteiger partial charge >= 0.3 is 0 Å². The molecule has 0 bridgehead atoms. The molecule has 2 aromatic rings. The summed E-state index contributed by atoms with van der Waals surface area (Å²) >= 11 is 5.27. The number of rotatable bonds is 2. The fourth-order valence-corrected chi connectivity index (χ4v) is 1.30. The standard InChI is InChI=1S/C11H7ClO2/c12-11(13)10-7-6-9(14-10)8-4-2-1-3-5-8/h1-7H. The molecule has 0 aliphatic rings. The van der Waals surface area contributed by atoms with Gasteiger partial charge in [0.25, 0.3) is 5.24 Å². The normalized spacial score (nSPS) is 10.1. The van der Waals surface area contributed by atoms with Gasteiger partial charge in [-0.25, -0.2) is 0 Å². The minimum atomic E-state index is -0.577. The maximum Gasteiger partial charge on any atom is 0.287 e. The van der Waals surface area contributed by atoms with Crippen molar-refractivity contribution in [1.82, 2.24) is 0 Å². The number of halogens is 1. The van der Waals surface area contributed by atoms with Crippen LogP contribution < -0.4 is 0 Å². The molecule has 14 heavy (non-hydrogen) atoms. The van der Waals surface area contributed by atoms with E-state index in [4.69, 9.17) is 16.0 Å². The van der Waals surface area contributed by atoms with Gasteiger partial charge in [0.05, 0.1) is 0 Å². The summed E-state index contributed by atoms with van der Waals surface area (Å²) in [7, 11) is 0. The number of carbonyl (C=O) groups excluding carboxylic acids is 1. The summed E-state index contributed by atoms with van der Waals surface area (Å²) < 4.78 is 5.25. The number of hydrogen-bond donors (Lipinski definition) is 0. The van der Waals surface area contributed by atoms with Gasteiger partial charge in [-0.15, -0.1) is 0 Å². The van der Waals surface area contributed by atoms with E-state index in [1.54, 1.807) is 12.1 Å². The molecule has 0 radical (unpaired) electrons. The van der Waals surface area contributed by atoms with Gasteiger partial charge in [0, 0.05) is 5.56 Å². The average Bonchev–Trinajstić information content (AvgIpc) is 2.68. The van der Waals surface area contributed by atoms with Crippen LogP contribution in [0.15, 0.2) is 46.9 Å². The highest BCUT2D eigenvalue weighted by Gasteiger charge is 2.08. The van der Waals surface area contributed by atoms with Crippen molar-refractivity contribution in [1.29, 1.82) is 0 Å². The molecule has 0 atom stereocenters. The Balaban J connectivity index is 2.39. The van der Waals surface area contributed by atoms with Gasteiger partial charge in [-0.2, -0.15) is 0 Å². The first kappa shape index (κ1) is 9.03. The second-order valence-electron chi connectivity index (χ2n) is 2.80. The second-order valence-corrected chi connectivity index (χ2v) is 3.15. The van der Waals surface area contributed by atoms with Gasteiger partial charge in [-0.3, -0.25) is 4.79 Å². The summed E-state index contributed by atoms with van der Waals surface area (Å²) in [5.41, 5.74) is 0.927. The smallest absolute Gasteiger partial charge is 0.287 e. The molecule has 0 saturated carbocycles. The third-order valence-corrected chi connectivity index (χ3v) is 2.04. The van der Waals surface area contributed by atoms with Gasteiger partial charge in [-0.05, 0) is 23.7 Å². The number of benzene rings is 1. The van der Waals surface area contributed by atoms with Gasteiger partial charge in [0.2, 0.25) is 0 Å². The van der Waals surface area contributed by atoms with Crippen LogP contribution in [0, 0.1) is 0 Å². The SMILES string of the molecule is O=C(Cl)c1ccc(-c2ccccc2)o1. The van der Waals surface area contributed by atoms with E-state index in [2.05, 4.69) is 0 Å². The van der Waals surface area contributed by atoms with Crippen molar-refractivity contribution in [3.8, 4) is 11.3 Å². The maximum atomic E-state index is 10.8. The Labute approximate surface area is 86.1 Å². The molecule has 2 rings (SSSR count). The van der Waals surface area contributed by atoms with Gasteiger partial charge < -0.3 is 4.42 Å². The zero-order valence-electron chi connectivity index (χ0n) is 7.24. The van der Waals surface area contributed by atoms with Crippen molar-refractivity contribution in [3.63, 3.8) is 0 Å². The molecule has 0 spiro atoms. The van der Waals surface area contributed by atoms with E-state index in [0.29, 0.717) is 5.76 Å². The molecule has 0 unspecified atom stereocenters. The third-order valence-electron chi connectivity index (χ3n) is 1.86. The van der Waals surface area contributed by atoms with E-state index in [0.717, 1.165) is 5.56 Å². The van der Waals surface area contributed by atoms with Crippen LogP contribution in [0.1, 0.15) is 10.6 Å². The van der Waals surface area contributed by atoms with Crippen molar-refractivity contribution in [2.75, 3.05) is 0 Å². The first-order valence-electron chi connectivity index (χ1n) is 4.12. The minimum absolute atomic E-state index is 0.172. The molecular formula is C11H7ClO2. The minimum Gasteiger partial charge on any atom is -0.452 e. The van der Waals surface area contributed by atoms with Crippen LogP contribution >= 0.6 is 11.6 Å². The van der Waals surface area contributed by atoms with Crippen LogP contribution in [0.3, 0.4) is 0 Å². The van der Waals surface area contributed by atoms with Crippen molar-refractivity contribution in [3.05, 3.63) is 48.2 Å². The second kappa shape index (κ2) is 3.68. The largest absolute Gasteiger partial charge is 0.452 e. The highest BCUT2D eigenvalue weighted by Crippen LogP contribution is 2.22. The molecule has 0 aliphatic heterocycles. The monoisotopic (exact) mass is 206 g/mol. The Kier molecular flexibility index (Phi) is 2.37. The molecule has 0 N–H and O–H groups in total. The molecule has 1 aromatic heterocycles. The first-order valence-corrected chi connectivity index (χ1v) is 4.50. The molecule has 70 valence electrons. The average molecular weight is 207 g/mol. The van der Waals surface area contributed by atoms with Crippen LogP contribution in [0.25, 0.3) is 11.3 Å². The van der Waals surface area contributed by atoms with Crippen molar-refractivity contribution >= 4 is 16.8 Å². The molecule has 1 heterocycles. The number of carbonyl (C=O) groups is 1. The zero-order chi connectivity index (χ0) is 9.97. The number of hydrogen-bond acceptors (Lipinski definition) is 2. The Bertz CT molecular complexity index is 445. The Morgan fingerprint density at radius 3 is 2.36 bits per heavy atom. The van der Waals surface area contributed by atoms with Gasteiger partial charge in [0.15, 0.2) is 5.76 Å². The van der Waals surface area contributed by atoms with Crippen LogP contribution in [0.2, 0.25) is 0 Å². The van der Waals surface area contributed by atoms with Crippen LogP contribution in [-0.4, -0.2) is 5.24 Å². The van der Waals surface area contributed by atoms with E-state index in [1.807, 2.05) is 30.3 Å². The van der Waals surface area contributed by atoms with Gasteiger partial charge in [-0.1, -0.05) is 30.3 Å². The molecule has 2 nitrogen and oxygen atoms in total. The molecule has 0 saturated heterocycles. The summed E-state index contributed by atoms with van der Waals surface area (Å²) in [5, 5.41) is -0.577. The maximum absolute atomic E-state index is 10.8. The molecule has 0 aliphatic carbocycles. The van der Waals surface area contributed by atoms with Gasteiger partial charge in [0.1, 0.15) is 5.76 Å². The predicted molar refractivity (Wildman–Crippen MR) is 54.3 cm³/mol. The molecular weight excluding hydrogens is 200 g/mol. The highest BCUT2D eigenvalue weighted by molar-refractivity contribution is 6.67. The summed E-state index contributed by atoms with van der Waals surface area (Å²) in [4.78, 5) is 10.8. The van der Waals surface area contributed by atoms with Crippen LogP contribution in [0.5, 0.6) is 0 Å². The Morgan fingerprint density at radius 2 is 1.79 bits per heavy atom. The van der Waals surface area contributed by atoms with Crippen molar-refractivity contribution < 1.29 is 9.21 Å². The van der Waals surface area contributed by atoms with Crippen molar-refractivity contribution in [2.24, 2.45) is 0 Å².